The number of aryl methyl sites for hydroxylation is 2. The van der Waals surface area contributed by atoms with Crippen molar-refractivity contribution in [2.75, 3.05) is 11.9 Å². The lowest BCUT2D eigenvalue weighted by Crippen LogP contribution is -2.46. The topological polar surface area (TPSA) is 191 Å². The fourth-order valence-electron chi connectivity index (χ4n) is 4.60. The minimum atomic E-state index is -4.54. The number of rotatable bonds is 8. The maximum Gasteiger partial charge on any atom is 0.399 e. The second kappa shape index (κ2) is 11.7. The predicted molar refractivity (Wildman–Crippen MR) is 154 cm³/mol. The summed E-state index contributed by atoms with van der Waals surface area (Å²) in [5.41, 5.74) is 3.78. The number of primary amides is 1. The van der Waals surface area contributed by atoms with Crippen LogP contribution in [0.25, 0.3) is 10.4 Å². The molecular formula is C26H28F3N7O6S2. The highest BCUT2D eigenvalue weighted by Gasteiger charge is 2.49. The lowest BCUT2D eigenvalue weighted by atomic mass is 9.87. The van der Waals surface area contributed by atoms with Crippen LogP contribution < -0.4 is 15.8 Å². The van der Waals surface area contributed by atoms with Gasteiger partial charge in [0.05, 0.1) is 26.1 Å². The molecule has 1 saturated heterocycles. The SMILES string of the molecule is Cc1ccc(S(=O)(=O)N[C@@H]2C[C@@H](C(N)=O)N(C(=O)Nc3nc(C)c(-c4ccnc(C(C)(C)C(F)(F)F)c4)s3)C2)cc1[N+](=O)[O-]. The normalized spacial score (nSPS) is 17.5. The molecule has 1 fully saturated rings. The number of halogens is 3. The molecule has 3 heterocycles. The van der Waals surface area contributed by atoms with Crippen LogP contribution in [0.3, 0.4) is 0 Å². The van der Waals surface area contributed by atoms with E-state index in [1.165, 1.54) is 37.4 Å². The Morgan fingerprint density at radius 1 is 1.18 bits per heavy atom. The van der Waals surface area contributed by atoms with Crippen LogP contribution in [0.4, 0.5) is 28.8 Å². The van der Waals surface area contributed by atoms with Gasteiger partial charge in [0.2, 0.25) is 15.9 Å². The van der Waals surface area contributed by atoms with Crippen molar-refractivity contribution in [1.29, 1.82) is 0 Å². The van der Waals surface area contributed by atoms with E-state index >= 15 is 0 Å². The molecule has 1 aromatic carbocycles. The van der Waals surface area contributed by atoms with E-state index in [0.717, 1.165) is 36.2 Å². The van der Waals surface area contributed by atoms with Gasteiger partial charge in [-0.05, 0) is 57.9 Å². The molecule has 3 aromatic rings. The van der Waals surface area contributed by atoms with Crippen LogP contribution in [0.5, 0.6) is 0 Å². The summed E-state index contributed by atoms with van der Waals surface area (Å²) < 4.78 is 69.1. The van der Waals surface area contributed by atoms with Gasteiger partial charge in [-0.25, -0.2) is 22.9 Å². The van der Waals surface area contributed by atoms with Crippen molar-refractivity contribution in [3.63, 3.8) is 0 Å². The molecule has 0 bridgehead atoms. The minimum Gasteiger partial charge on any atom is -0.368 e. The number of nitro benzene ring substituents is 1. The molecule has 13 nitrogen and oxygen atoms in total. The Balaban J connectivity index is 1.52. The highest BCUT2D eigenvalue weighted by Crippen LogP contribution is 2.41. The van der Waals surface area contributed by atoms with Crippen molar-refractivity contribution >= 4 is 44.1 Å². The summed E-state index contributed by atoms with van der Waals surface area (Å²) in [6.45, 7) is 4.85. The number of nitrogens with zero attached hydrogens (tertiary/aromatic N) is 4. The van der Waals surface area contributed by atoms with Crippen molar-refractivity contribution in [2.45, 2.75) is 62.7 Å². The summed E-state index contributed by atoms with van der Waals surface area (Å²) in [4.78, 5) is 45.3. The summed E-state index contributed by atoms with van der Waals surface area (Å²) in [5, 5.41) is 13.9. The molecule has 44 heavy (non-hydrogen) atoms. The third kappa shape index (κ3) is 6.51. The number of aromatic nitrogens is 2. The van der Waals surface area contributed by atoms with Gasteiger partial charge in [-0.1, -0.05) is 17.4 Å². The average Bonchev–Trinajstić information content (AvgIpc) is 3.51. The second-order valence-electron chi connectivity index (χ2n) is 10.7. The van der Waals surface area contributed by atoms with Gasteiger partial charge >= 0.3 is 12.2 Å². The zero-order valence-electron chi connectivity index (χ0n) is 23.8. The number of hydrogen-bond donors (Lipinski definition) is 3. The first-order valence-corrected chi connectivity index (χ1v) is 15.3. The van der Waals surface area contributed by atoms with E-state index in [1.54, 1.807) is 6.92 Å². The highest BCUT2D eigenvalue weighted by atomic mass is 32.2. The molecule has 0 saturated carbocycles. The Morgan fingerprint density at radius 3 is 2.48 bits per heavy atom. The molecule has 0 unspecified atom stereocenters. The predicted octanol–water partition coefficient (Wildman–Crippen LogP) is 4.01. The Bertz CT molecular complexity index is 1740. The maximum atomic E-state index is 13.6. The number of sulfonamides is 1. The summed E-state index contributed by atoms with van der Waals surface area (Å²) >= 11 is 0.988. The standard InChI is InChI=1S/C26H28F3N7O6S2/c1-13-5-6-17(11-18(13)36(39)40)44(41,42)34-16-10-19(22(30)37)35(12-16)24(38)33-23-32-14(2)21(43-23)15-7-8-31-20(9-15)25(3,4)26(27,28)29/h5-9,11,16,19,34H,10,12H2,1-4H3,(H2,30,37)(H,32,33,38)/t16-,19+/m1/s1. The van der Waals surface area contributed by atoms with Crippen LogP contribution in [0.1, 0.15) is 37.2 Å². The zero-order chi connectivity index (χ0) is 32.8. The van der Waals surface area contributed by atoms with Crippen LogP contribution in [0.15, 0.2) is 41.4 Å². The van der Waals surface area contributed by atoms with Crippen molar-refractivity contribution in [1.82, 2.24) is 19.6 Å². The van der Waals surface area contributed by atoms with Crippen molar-refractivity contribution in [3.05, 3.63) is 63.6 Å². The van der Waals surface area contributed by atoms with E-state index < -0.39 is 50.6 Å². The number of nitrogens with one attached hydrogen (secondary N) is 2. The van der Waals surface area contributed by atoms with Gasteiger partial charge in [0.15, 0.2) is 5.13 Å². The third-order valence-electron chi connectivity index (χ3n) is 7.28. The number of benzene rings is 1. The average molecular weight is 656 g/mol. The number of carbonyl (C=O) groups excluding carboxylic acids is 2. The lowest BCUT2D eigenvalue weighted by Gasteiger charge is -2.27. The lowest BCUT2D eigenvalue weighted by molar-refractivity contribution is -0.385. The van der Waals surface area contributed by atoms with Gasteiger partial charge in [0.25, 0.3) is 5.69 Å². The maximum absolute atomic E-state index is 13.6. The fraction of sp³-hybridized carbons (Fsp3) is 0.385. The second-order valence-corrected chi connectivity index (χ2v) is 13.5. The van der Waals surface area contributed by atoms with E-state index in [0.29, 0.717) is 16.1 Å². The van der Waals surface area contributed by atoms with Crippen LogP contribution in [-0.2, 0) is 20.2 Å². The van der Waals surface area contributed by atoms with Gasteiger partial charge < -0.3 is 10.6 Å². The number of nitrogens with two attached hydrogens (primary N) is 1. The Kier molecular flexibility index (Phi) is 8.73. The monoisotopic (exact) mass is 655 g/mol. The van der Waals surface area contributed by atoms with E-state index in [1.807, 2.05) is 0 Å². The van der Waals surface area contributed by atoms with Crippen LogP contribution in [0.2, 0.25) is 0 Å². The smallest absolute Gasteiger partial charge is 0.368 e. The van der Waals surface area contributed by atoms with Crippen LogP contribution >= 0.6 is 11.3 Å². The summed E-state index contributed by atoms with van der Waals surface area (Å²) in [7, 11) is -4.28. The molecule has 4 N–H and O–H groups in total. The summed E-state index contributed by atoms with van der Waals surface area (Å²) in [6.07, 6.45) is -3.45. The first-order valence-electron chi connectivity index (χ1n) is 13.0. The fourth-order valence-corrected chi connectivity index (χ4v) is 6.81. The number of amides is 3. The Morgan fingerprint density at radius 2 is 1.86 bits per heavy atom. The molecule has 4 rings (SSSR count). The third-order valence-corrected chi connectivity index (χ3v) is 9.92. The minimum absolute atomic E-state index is 0.0789. The van der Waals surface area contributed by atoms with Crippen molar-refractivity contribution in [2.24, 2.45) is 5.73 Å². The van der Waals surface area contributed by atoms with Crippen molar-refractivity contribution < 1.29 is 36.1 Å². The number of pyridine rings is 1. The molecule has 236 valence electrons. The number of likely N-dealkylation sites (tertiary alicyclic amines) is 1. The molecule has 1 aliphatic heterocycles. The summed E-state index contributed by atoms with van der Waals surface area (Å²) in [6, 6.07) is 3.28. The molecule has 18 heteroatoms. The molecular weight excluding hydrogens is 627 g/mol. The quantitative estimate of drug-likeness (QED) is 0.240. The number of hydrogen-bond acceptors (Lipinski definition) is 9. The van der Waals surface area contributed by atoms with Crippen LogP contribution in [-0.4, -0.2) is 65.0 Å². The molecule has 1 aliphatic rings. The summed E-state index contributed by atoms with van der Waals surface area (Å²) in [5.74, 6) is -0.888. The number of carbonyl (C=O) groups is 2. The highest BCUT2D eigenvalue weighted by molar-refractivity contribution is 7.89. The van der Waals surface area contributed by atoms with E-state index in [2.05, 4.69) is 20.0 Å². The molecule has 0 aliphatic carbocycles. The van der Waals surface area contributed by atoms with Gasteiger partial charge in [-0.3, -0.25) is 25.2 Å². The van der Waals surface area contributed by atoms with E-state index in [-0.39, 0.29) is 39.9 Å². The van der Waals surface area contributed by atoms with E-state index in [4.69, 9.17) is 5.73 Å². The van der Waals surface area contributed by atoms with Gasteiger partial charge in [0.1, 0.15) is 11.5 Å². The molecule has 0 spiro atoms. The van der Waals surface area contributed by atoms with Gasteiger partial charge in [0, 0.05) is 30.4 Å². The molecule has 3 amide bonds. The first kappa shape index (κ1) is 32.7. The number of urea groups is 1. The molecule has 0 radical (unpaired) electrons. The number of thiazole rings is 1. The Labute approximate surface area is 253 Å². The number of anilines is 1. The van der Waals surface area contributed by atoms with Gasteiger partial charge in [-0.2, -0.15) is 13.2 Å². The number of nitro groups is 1. The van der Waals surface area contributed by atoms with Gasteiger partial charge in [-0.15, -0.1) is 0 Å². The Hall–Kier alpha value is -4.16. The van der Waals surface area contributed by atoms with Crippen molar-refractivity contribution in [3.8, 4) is 10.4 Å². The van der Waals surface area contributed by atoms with Crippen LogP contribution in [0, 0.1) is 24.0 Å². The number of alkyl halides is 3. The molecule has 2 aromatic heterocycles. The first-order chi connectivity index (χ1) is 20.3. The zero-order valence-corrected chi connectivity index (χ0v) is 25.4. The largest absolute Gasteiger partial charge is 0.399 e. The van der Waals surface area contributed by atoms with E-state index in [9.17, 15) is 41.3 Å². The molecule has 2 atom stereocenters.